The summed E-state index contributed by atoms with van der Waals surface area (Å²) in [5, 5.41) is 5.78. The van der Waals surface area contributed by atoms with Crippen molar-refractivity contribution in [2.75, 3.05) is 26.8 Å². The molecular formula is C12H23ClN2O4. The highest BCUT2D eigenvalue weighted by Crippen LogP contribution is 2.10. The number of halogens is 1. The number of rotatable bonds is 5. The highest BCUT2D eigenvalue weighted by atomic mass is 35.5. The van der Waals surface area contributed by atoms with E-state index in [0.29, 0.717) is 13.2 Å². The van der Waals surface area contributed by atoms with Gasteiger partial charge in [0.1, 0.15) is 12.1 Å². The number of hydrogen-bond donors (Lipinski definition) is 2. The minimum Gasteiger partial charge on any atom is -0.467 e. The van der Waals surface area contributed by atoms with Gasteiger partial charge in [0.25, 0.3) is 5.91 Å². The molecule has 0 spiro atoms. The normalized spacial score (nSPS) is 21.7. The molecule has 0 aromatic carbocycles. The Bertz CT molecular complexity index is 295. The molecule has 2 N–H and O–H groups in total. The second kappa shape index (κ2) is 9.12. The average Bonchev–Trinajstić information content (AvgIpc) is 2.43. The number of amides is 1. The molecule has 1 aliphatic rings. The van der Waals surface area contributed by atoms with Crippen molar-refractivity contribution in [3.05, 3.63) is 0 Å². The zero-order valence-electron chi connectivity index (χ0n) is 11.6. The van der Waals surface area contributed by atoms with Crippen LogP contribution in [-0.4, -0.2) is 50.8 Å². The molecule has 1 aliphatic heterocycles. The Hall–Kier alpha value is -0.850. The first-order chi connectivity index (χ1) is 8.60. The Kier molecular flexibility index (Phi) is 8.71. The monoisotopic (exact) mass is 294 g/mol. The number of nitrogens with one attached hydrogen (secondary N) is 2. The zero-order valence-corrected chi connectivity index (χ0v) is 12.4. The lowest BCUT2D eigenvalue weighted by Gasteiger charge is -2.27. The Labute approximate surface area is 120 Å². The number of carbonyl (C=O) groups is 2. The molecule has 1 amide bonds. The number of esters is 1. The van der Waals surface area contributed by atoms with E-state index in [1.165, 1.54) is 7.11 Å². The summed E-state index contributed by atoms with van der Waals surface area (Å²) in [6.45, 7) is 5.59. The number of hydrogen-bond acceptors (Lipinski definition) is 5. The Morgan fingerprint density at radius 1 is 1.53 bits per heavy atom. The summed E-state index contributed by atoms with van der Waals surface area (Å²) in [6, 6.07) is -0.613. The summed E-state index contributed by atoms with van der Waals surface area (Å²) in [5.41, 5.74) is 0. The molecule has 0 aromatic heterocycles. The summed E-state index contributed by atoms with van der Waals surface area (Å²) in [6.07, 6.45) is 0.249. The highest BCUT2D eigenvalue weighted by Gasteiger charge is 2.30. The fraction of sp³-hybridized carbons (Fsp3) is 0.833. The maximum atomic E-state index is 12.0. The molecule has 1 heterocycles. The minimum absolute atomic E-state index is 0. The third kappa shape index (κ3) is 5.34. The number of methoxy groups -OCH3 is 1. The van der Waals surface area contributed by atoms with Gasteiger partial charge in [-0.3, -0.25) is 4.79 Å². The van der Waals surface area contributed by atoms with Crippen molar-refractivity contribution in [1.29, 1.82) is 0 Å². The lowest BCUT2D eigenvalue weighted by molar-refractivity contribution is -0.149. The molecule has 3 atom stereocenters. The van der Waals surface area contributed by atoms with Gasteiger partial charge in [-0.05, 0) is 5.92 Å². The largest absolute Gasteiger partial charge is 0.467 e. The summed E-state index contributed by atoms with van der Waals surface area (Å²) in [4.78, 5) is 23.6. The van der Waals surface area contributed by atoms with E-state index in [9.17, 15) is 9.59 Å². The van der Waals surface area contributed by atoms with Crippen molar-refractivity contribution in [3.8, 4) is 0 Å². The molecule has 1 saturated heterocycles. The highest BCUT2D eigenvalue weighted by molar-refractivity contribution is 5.87. The van der Waals surface area contributed by atoms with Gasteiger partial charge in [-0.1, -0.05) is 20.3 Å². The molecule has 1 rings (SSSR count). The number of ether oxygens (including phenoxy) is 2. The fourth-order valence-electron chi connectivity index (χ4n) is 1.78. The molecule has 6 nitrogen and oxygen atoms in total. The van der Waals surface area contributed by atoms with Crippen LogP contribution in [0.25, 0.3) is 0 Å². The van der Waals surface area contributed by atoms with E-state index in [2.05, 4.69) is 10.6 Å². The Morgan fingerprint density at radius 3 is 2.68 bits per heavy atom. The molecule has 0 bridgehead atoms. The second-order valence-electron chi connectivity index (χ2n) is 4.46. The van der Waals surface area contributed by atoms with Crippen LogP contribution in [0.5, 0.6) is 0 Å². The van der Waals surface area contributed by atoms with Crippen LogP contribution in [0.2, 0.25) is 0 Å². The number of carbonyl (C=O) groups excluding carboxylic acids is 2. The topological polar surface area (TPSA) is 76.7 Å². The Balaban J connectivity index is 0.00000324. The maximum Gasteiger partial charge on any atom is 0.328 e. The lowest BCUT2D eigenvalue weighted by Crippen LogP contribution is -2.53. The minimum atomic E-state index is -0.613. The van der Waals surface area contributed by atoms with Crippen molar-refractivity contribution < 1.29 is 19.1 Å². The van der Waals surface area contributed by atoms with E-state index >= 15 is 0 Å². The molecule has 7 heteroatoms. The lowest BCUT2D eigenvalue weighted by atomic mass is 9.99. The first-order valence-corrected chi connectivity index (χ1v) is 6.30. The molecule has 1 fully saturated rings. The van der Waals surface area contributed by atoms with Gasteiger partial charge >= 0.3 is 5.97 Å². The van der Waals surface area contributed by atoms with E-state index < -0.39 is 18.1 Å². The van der Waals surface area contributed by atoms with Gasteiger partial charge in [0.05, 0.1) is 13.7 Å². The molecule has 19 heavy (non-hydrogen) atoms. The molecule has 0 aromatic rings. The third-order valence-corrected chi connectivity index (χ3v) is 3.19. The van der Waals surface area contributed by atoms with E-state index in [0.717, 1.165) is 13.0 Å². The summed E-state index contributed by atoms with van der Waals surface area (Å²) in [5.74, 6) is -0.655. The second-order valence-corrected chi connectivity index (χ2v) is 4.46. The van der Waals surface area contributed by atoms with Crippen molar-refractivity contribution in [2.24, 2.45) is 5.92 Å². The predicted molar refractivity (Wildman–Crippen MR) is 73.3 cm³/mol. The van der Waals surface area contributed by atoms with E-state index in [1.54, 1.807) is 0 Å². The maximum absolute atomic E-state index is 12.0. The molecule has 0 unspecified atom stereocenters. The van der Waals surface area contributed by atoms with Crippen molar-refractivity contribution in [3.63, 3.8) is 0 Å². The van der Waals surface area contributed by atoms with Crippen LogP contribution < -0.4 is 10.6 Å². The van der Waals surface area contributed by atoms with Gasteiger partial charge in [-0.25, -0.2) is 4.79 Å². The van der Waals surface area contributed by atoms with Crippen LogP contribution in [0, 0.1) is 5.92 Å². The number of morpholine rings is 1. The molecule has 0 aliphatic carbocycles. The van der Waals surface area contributed by atoms with Gasteiger partial charge in [0.15, 0.2) is 0 Å². The van der Waals surface area contributed by atoms with Crippen LogP contribution in [0.1, 0.15) is 20.3 Å². The SMILES string of the molecule is CC[C@H](C)[C@H](NC(=O)[C@H]1CNCCO1)C(=O)OC.Cl. The summed E-state index contributed by atoms with van der Waals surface area (Å²) in [7, 11) is 1.32. The first kappa shape index (κ1) is 18.1. The summed E-state index contributed by atoms with van der Waals surface area (Å²) < 4.78 is 10.1. The smallest absolute Gasteiger partial charge is 0.328 e. The van der Waals surface area contributed by atoms with Crippen LogP contribution in [0.4, 0.5) is 0 Å². The van der Waals surface area contributed by atoms with E-state index in [4.69, 9.17) is 9.47 Å². The first-order valence-electron chi connectivity index (χ1n) is 6.30. The van der Waals surface area contributed by atoms with E-state index in [-0.39, 0.29) is 24.2 Å². The molecular weight excluding hydrogens is 272 g/mol. The third-order valence-electron chi connectivity index (χ3n) is 3.19. The predicted octanol–water partition coefficient (Wildman–Crippen LogP) is 0.100. The Morgan fingerprint density at radius 2 is 2.21 bits per heavy atom. The molecule has 112 valence electrons. The van der Waals surface area contributed by atoms with Gasteiger partial charge in [-0.2, -0.15) is 0 Å². The molecule has 0 radical (unpaired) electrons. The van der Waals surface area contributed by atoms with Gasteiger partial charge in [0.2, 0.25) is 0 Å². The zero-order chi connectivity index (χ0) is 13.5. The van der Waals surface area contributed by atoms with Crippen molar-refractivity contribution >= 4 is 24.3 Å². The fourth-order valence-corrected chi connectivity index (χ4v) is 1.78. The van der Waals surface area contributed by atoms with Gasteiger partial charge < -0.3 is 20.1 Å². The quantitative estimate of drug-likeness (QED) is 0.704. The van der Waals surface area contributed by atoms with Crippen LogP contribution in [-0.2, 0) is 19.1 Å². The van der Waals surface area contributed by atoms with Gasteiger partial charge in [0, 0.05) is 13.1 Å². The summed E-state index contributed by atoms with van der Waals surface area (Å²) >= 11 is 0. The van der Waals surface area contributed by atoms with Crippen LogP contribution in [0.15, 0.2) is 0 Å². The van der Waals surface area contributed by atoms with Gasteiger partial charge in [-0.15, -0.1) is 12.4 Å². The van der Waals surface area contributed by atoms with Crippen molar-refractivity contribution in [2.45, 2.75) is 32.4 Å². The van der Waals surface area contributed by atoms with E-state index in [1.807, 2.05) is 13.8 Å². The average molecular weight is 295 g/mol. The molecule has 0 saturated carbocycles. The van der Waals surface area contributed by atoms with Crippen LogP contribution in [0.3, 0.4) is 0 Å². The van der Waals surface area contributed by atoms with Crippen LogP contribution >= 0.6 is 12.4 Å². The standard InChI is InChI=1S/C12H22N2O4.ClH/c1-4-8(2)10(12(16)17-3)14-11(15)9-7-13-5-6-18-9;/h8-10,13H,4-7H2,1-3H3,(H,14,15);1H/t8-,9+,10-;/m0./s1. The van der Waals surface area contributed by atoms with Crippen molar-refractivity contribution in [1.82, 2.24) is 10.6 Å².